The molecule has 1 fully saturated rings. The molecule has 1 N–H and O–H groups in total. The Morgan fingerprint density at radius 2 is 1.72 bits per heavy atom. The maximum atomic E-state index is 4.37. The van der Waals surface area contributed by atoms with Crippen molar-refractivity contribution in [2.45, 2.75) is 57.8 Å². The normalized spacial score (nSPS) is 18.7. The number of nitrogens with zero attached hydrogens (tertiary/aromatic N) is 2. The number of benzene rings is 1. The third kappa shape index (κ3) is 2.14. The highest BCUT2D eigenvalue weighted by Gasteiger charge is 2.19. The van der Waals surface area contributed by atoms with Crippen molar-refractivity contribution in [1.29, 1.82) is 0 Å². The molecule has 0 spiro atoms. The Bertz CT molecular complexity index is 522. The maximum Gasteiger partial charge on any atom is 0.116 e. The molecule has 0 aliphatic heterocycles. The number of nitrogens with one attached hydrogen (secondary N) is 1. The summed E-state index contributed by atoms with van der Waals surface area (Å²) in [7, 11) is 0. The topological polar surface area (TPSA) is 41.6 Å². The summed E-state index contributed by atoms with van der Waals surface area (Å²) in [6.45, 7) is 2.21. The van der Waals surface area contributed by atoms with E-state index in [-0.39, 0.29) is 0 Å². The van der Waals surface area contributed by atoms with Crippen molar-refractivity contribution in [3.63, 3.8) is 0 Å². The molecule has 96 valence electrons. The molecule has 1 aliphatic carbocycles. The average molecular weight is 243 g/mol. The van der Waals surface area contributed by atoms with Crippen molar-refractivity contribution < 1.29 is 0 Å². The van der Waals surface area contributed by atoms with Crippen molar-refractivity contribution in [1.82, 2.24) is 15.4 Å². The SMILES string of the molecule is Cc1ccc2n[nH]nc2c1C1CCCCCCC1. The lowest BCUT2D eigenvalue weighted by Crippen LogP contribution is -2.05. The van der Waals surface area contributed by atoms with Crippen LogP contribution in [-0.2, 0) is 0 Å². The fraction of sp³-hybridized carbons (Fsp3) is 0.600. The first-order valence-corrected chi connectivity index (χ1v) is 7.16. The summed E-state index contributed by atoms with van der Waals surface area (Å²) >= 11 is 0. The van der Waals surface area contributed by atoms with Crippen molar-refractivity contribution in [2.75, 3.05) is 0 Å². The molecule has 0 atom stereocenters. The third-order valence-electron chi connectivity index (χ3n) is 4.26. The van der Waals surface area contributed by atoms with Gasteiger partial charge in [0.05, 0.1) is 0 Å². The van der Waals surface area contributed by atoms with Crippen LogP contribution in [0.1, 0.15) is 62.0 Å². The molecule has 0 saturated heterocycles. The van der Waals surface area contributed by atoms with E-state index < -0.39 is 0 Å². The number of hydrogen-bond acceptors (Lipinski definition) is 2. The van der Waals surface area contributed by atoms with Gasteiger partial charge in [-0.3, -0.25) is 0 Å². The highest BCUT2D eigenvalue weighted by molar-refractivity contribution is 5.79. The molecule has 3 rings (SSSR count). The van der Waals surface area contributed by atoms with Gasteiger partial charge in [0.2, 0.25) is 0 Å². The predicted molar refractivity (Wildman–Crippen MR) is 73.7 cm³/mol. The summed E-state index contributed by atoms with van der Waals surface area (Å²) in [5, 5.41) is 11.4. The van der Waals surface area contributed by atoms with Gasteiger partial charge in [-0.2, -0.15) is 15.4 Å². The Labute approximate surface area is 108 Å². The first kappa shape index (κ1) is 11.7. The summed E-state index contributed by atoms with van der Waals surface area (Å²) in [6, 6.07) is 4.26. The number of H-pyrrole nitrogens is 1. The molecule has 1 heterocycles. The van der Waals surface area contributed by atoms with E-state index in [1.165, 1.54) is 56.1 Å². The van der Waals surface area contributed by atoms with Crippen LogP contribution >= 0.6 is 0 Å². The van der Waals surface area contributed by atoms with Crippen LogP contribution in [-0.4, -0.2) is 15.4 Å². The molecule has 3 nitrogen and oxygen atoms in total. The summed E-state index contributed by atoms with van der Waals surface area (Å²) < 4.78 is 0. The lowest BCUT2D eigenvalue weighted by molar-refractivity contribution is 0.456. The molecule has 1 aromatic carbocycles. The van der Waals surface area contributed by atoms with Crippen LogP contribution in [0.25, 0.3) is 11.0 Å². The fourth-order valence-electron chi connectivity index (χ4n) is 3.29. The van der Waals surface area contributed by atoms with Crippen molar-refractivity contribution >= 4 is 11.0 Å². The lowest BCUT2D eigenvalue weighted by Gasteiger charge is -2.21. The molecule has 2 aromatic rings. The van der Waals surface area contributed by atoms with E-state index in [0.717, 1.165) is 11.0 Å². The molecule has 1 saturated carbocycles. The number of fused-ring (bicyclic) bond motifs is 1. The Morgan fingerprint density at radius 3 is 2.50 bits per heavy atom. The van der Waals surface area contributed by atoms with Crippen LogP contribution in [0.15, 0.2) is 12.1 Å². The molecule has 0 bridgehead atoms. The lowest BCUT2D eigenvalue weighted by atomic mass is 9.83. The van der Waals surface area contributed by atoms with Crippen molar-refractivity contribution in [3.8, 4) is 0 Å². The molecule has 18 heavy (non-hydrogen) atoms. The minimum absolute atomic E-state index is 0.680. The van der Waals surface area contributed by atoms with Crippen LogP contribution in [0.2, 0.25) is 0 Å². The second-order valence-corrected chi connectivity index (χ2v) is 5.53. The van der Waals surface area contributed by atoms with E-state index in [1.54, 1.807) is 0 Å². The Balaban J connectivity index is 2.00. The van der Waals surface area contributed by atoms with Crippen LogP contribution in [0.3, 0.4) is 0 Å². The van der Waals surface area contributed by atoms with E-state index in [2.05, 4.69) is 34.5 Å². The zero-order chi connectivity index (χ0) is 12.4. The smallest absolute Gasteiger partial charge is 0.116 e. The van der Waals surface area contributed by atoms with Crippen molar-refractivity contribution in [2.24, 2.45) is 0 Å². The third-order valence-corrected chi connectivity index (χ3v) is 4.26. The highest BCUT2D eigenvalue weighted by Crippen LogP contribution is 2.35. The molecule has 0 radical (unpaired) electrons. The van der Waals surface area contributed by atoms with E-state index >= 15 is 0 Å². The second kappa shape index (κ2) is 5.09. The van der Waals surface area contributed by atoms with E-state index in [4.69, 9.17) is 0 Å². The van der Waals surface area contributed by atoms with E-state index in [1.807, 2.05) is 0 Å². The minimum atomic E-state index is 0.680. The van der Waals surface area contributed by atoms with Gasteiger partial charge in [0.1, 0.15) is 11.0 Å². The number of hydrogen-bond donors (Lipinski definition) is 1. The Hall–Kier alpha value is -1.38. The van der Waals surface area contributed by atoms with Gasteiger partial charge in [-0.05, 0) is 42.9 Å². The average Bonchev–Trinajstić information content (AvgIpc) is 2.78. The van der Waals surface area contributed by atoms with Gasteiger partial charge in [0, 0.05) is 0 Å². The molecular formula is C15H21N3. The number of aryl methyl sites for hydroxylation is 1. The maximum absolute atomic E-state index is 4.37. The van der Waals surface area contributed by atoms with Gasteiger partial charge in [-0.1, -0.05) is 38.2 Å². The standard InChI is InChI=1S/C15H21N3/c1-11-9-10-13-15(17-18-16-13)14(11)12-7-5-3-2-4-6-8-12/h9-10,12H,2-8H2,1H3,(H,16,17,18). The minimum Gasteiger partial charge on any atom is -0.197 e. The molecule has 1 aliphatic rings. The van der Waals surface area contributed by atoms with E-state index in [0.29, 0.717) is 5.92 Å². The number of aromatic nitrogens is 3. The van der Waals surface area contributed by atoms with Crippen LogP contribution in [0.5, 0.6) is 0 Å². The Morgan fingerprint density at radius 1 is 1.00 bits per heavy atom. The van der Waals surface area contributed by atoms with Crippen LogP contribution < -0.4 is 0 Å². The molecule has 1 aromatic heterocycles. The fourth-order valence-corrected chi connectivity index (χ4v) is 3.29. The largest absolute Gasteiger partial charge is 0.197 e. The first-order valence-electron chi connectivity index (χ1n) is 7.16. The monoisotopic (exact) mass is 243 g/mol. The predicted octanol–water partition coefficient (Wildman–Crippen LogP) is 4.09. The second-order valence-electron chi connectivity index (χ2n) is 5.53. The molecular weight excluding hydrogens is 222 g/mol. The van der Waals surface area contributed by atoms with Gasteiger partial charge < -0.3 is 0 Å². The Kier molecular flexibility index (Phi) is 3.31. The van der Waals surface area contributed by atoms with Gasteiger partial charge in [0.15, 0.2) is 0 Å². The van der Waals surface area contributed by atoms with Crippen LogP contribution in [0, 0.1) is 6.92 Å². The first-order chi connectivity index (χ1) is 8.86. The summed E-state index contributed by atoms with van der Waals surface area (Å²) in [5.74, 6) is 0.680. The summed E-state index contributed by atoms with van der Waals surface area (Å²) in [6.07, 6.45) is 9.55. The highest BCUT2D eigenvalue weighted by atomic mass is 15.3. The quantitative estimate of drug-likeness (QED) is 0.819. The van der Waals surface area contributed by atoms with Gasteiger partial charge >= 0.3 is 0 Å². The van der Waals surface area contributed by atoms with E-state index in [9.17, 15) is 0 Å². The molecule has 0 unspecified atom stereocenters. The van der Waals surface area contributed by atoms with Gasteiger partial charge in [-0.25, -0.2) is 0 Å². The van der Waals surface area contributed by atoms with Crippen LogP contribution in [0.4, 0.5) is 0 Å². The summed E-state index contributed by atoms with van der Waals surface area (Å²) in [5.41, 5.74) is 4.93. The zero-order valence-electron chi connectivity index (χ0n) is 11.1. The number of aromatic amines is 1. The summed E-state index contributed by atoms with van der Waals surface area (Å²) in [4.78, 5) is 0. The van der Waals surface area contributed by atoms with Gasteiger partial charge in [0.25, 0.3) is 0 Å². The molecule has 3 heteroatoms. The van der Waals surface area contributed by atoms with Crippen molar-refractivity contribution in [3.05, 3.63) is 23.3 Å². The number of rotatable bonds is 1. The zero-order valence-corrected chi connectivity index (χ0v) is 11.1. The molecule has 0 amide bonds. The van der Waals surface area contributed by atoms with Gasteiger partial charge in [-0.15, -0.1) is 0 Å².